The van der Waals surface area contributed by atoms with E-state index in [1.165, 1.54) is 11.3 Å². The van der Waals surface area contributed by atoms with E-state index in [1.807, 2.05) is 25.3 Å². The van der Waals surface area contributed by atoms with Crippen LogP contribution in [0, 0.1) is 0 Å². The fourth-order valence-corrected chi connectivity index (χ4v) is 3.09. The smallest absolute Gasteiger partial charge is 0.304 e. The van der Waals surface area contributed by atoms with Crippen molar-refractivity contribution in [1.82, 2.24) is 0 Å². The maximum Gasteiger partial charge on any atom is 0.304 e. The highest BCUT2D eigenvalue weighted by atomic mass is 79.9. The van der Waals surface area contributed by atoms with Gasteiger partial charge in [-0.25, -0.2) is 0 Å². The van der Waals surface area contributed by atoms with E-state index in [0.717, 1.165) is 9.35 Å². The molecule has 0 fully saturated rings. The number of nitrogens with two attached hydrogens (primary N) is 1. The van der Waals surface area contributed by atoms with Gasteiger partial charge in [-0.3, -0.25) is 4.79 Å². The summed E-state index contributed by atoms with van der Waals surface area (Å²) in [5, 5.41) is 10.8. The lowest BCUT2D eigenvalue weighted by atomic mass is 9.79. The molecule has 15 heavy (non-hydrogen) atoms. The molecule has 1 aromatic heterocycles. The molecule has 0 aliphatic heterocycles. The van der Waals surface area contributed by atoms with Crippen molar-refractivity contribution in [2.45, 2.75) is 31.7 Å². The van der Waals surface area contributed by atoms with Crippen LogP contribution in [0.3, 0.4) is 0 Å². The molecule has 1 heterocycles. The van der Waals surface area contributed by atoms with Crippen molar-refractivity contribution in [2.24, 2.45) is 5.73 Å². The number of hydrogen-bond acceptors (Lipinski definition) is 3. The highest BCUT2D eigenvalue weighted by Gasteiger charge is 2.34. The van der Waals surface area contributed by atoms with Crippen LogP contribution in [0.2, 0.25) is 0 Å². The fraction of sp³-hybridized carbons (Fsp3) is 0.500. The van der Waals surface area contributed by atoms with Crippen LogP contribution in [-0.4, -0.2) is 17.1 Å². The largest absolute Gasteiger partial charge is 0.481 e. The van der Waals surface area contributed by atoms with Crippen LogP contribution in [0.4, 0.5) is 0 Å². The van der Waals surface area contributed by atoms with E-state index in [4.69, 9.17) is 10.8 Å². The highest BCUT2D eigenvalue weighted by Crippen LogP contribution is 2.36. The molecule has 0 aromatic carbocycles. The summed E-state index contributed by atoms with van der Waals surface area (Å²) in [6, 6.07) is 1.75. The van der Waals surface area contributed by atoms with Gasteiger partial charge in [-0.2, -0.15) is 0 Å². The second kappa shape index (κ2) is 4.63. The Morgan fingerprint density at radius 2 is 2.40 bits per heavy atom. The standard InChI is InChI=1S/C10H14BrNO2S/c1-6(12)10(2,4-9(13)14)8-3-7(11)5-15-8/h3,5-6H,4,12H2,1-2H3,(H,13,14). The number of carbonyl (C=O) groups is 1. The van der Waals surface area contributed by atoms with E-state index in [0.29, 0.717) is 0 Å². The second-order valence-corrected chi connectivity index (χ2v) is 5.73. The van der Waals surface area contributed by atoms with Gasteiger partial charge in [-0.05, 0) is 28.9 Å². The second-order valence-electron chi connectivity index (χ2n) is 3.91. The first-order valence-electron chi connectivity index (χ1n) is 4.58. The number of aliphatic carboxylic acids is 1. The third-order valence-electron chi connectivity index (χ3n) is 2.65. The summed E-state index contributed by atoms with van der Waals surface area (Å²) in [6.07, 6.45) is 0.0532. The average molecular weight is 292 g/mol. The van der Waals surface area contributed by atoms with Gasteiger partial charge in [-0.1, -0.05) is 6.92 Å². The van der Waals surface area contributed by atoms with Gasteiger partial charge in [0.1, 0.15) is 0 Å². The van der Waals surface area contributed by atoms with E-state index >= 15 is 0 Å². The maximum absolute atomic E-state index is 10.8. The molecule has 2 atom stereocenters. The molecular formula is C10H14BrNO2S. The molecule has 0 radical (unpaired) electrons. The predicted molar refractivity (Wildman–Crippen MR) is 65.3 cm³/mol. The average Bonchev–Trinajstić information content (AvgIpc) is 2.50. The van der Waals surface area contributed by atoms with E-state index < -0.39 is 11.4 Å². The molecular weight excluding hydrogens is 278 g/mol. The molecule has 0 saturated heterocycles. The molecule has 0 spiro atoms. The van der Waals surface area contributed by atoms with Gasteiger partial charge in [0.15, 0.2) is 0 Å². The van der Waals surface area contributed by atoms with Crippen LogP contribution >= 0.6 is 27.3 Å². The molecule has 0 aliphatic carbocycles. The first-order valence-corrected chi connectivity index (χ1v) is 6.25. The topological polar surface area (TPSA) is 63.3 Å². The normalized spacial score (nSPS) is 17.1. The summed E-state index contributed by atoms with van der Waals surface area (Å²) in [4.78, 5) is 11.8. The van der Waals surface area contributed by atoms with Gasteiger partial charge in [0, 0.05) is 26.2 Å². The van der Waals surface area contributed by atoms with Crippen LogP contribution < -0.4 is 5.73 Å². The van der Waals surface area contributed by atoms with Gasteiger partial charge in [0.05, 0.1) is 6.42 Å². The summed E-state index contributed by atoms with van der Waals surface area (Å²) < 4.78 is 0.972. The van der Waals surface area contributed by atoms with Gasteiger partial charge in [0.2, 0.25) is 0 Å². The first kappa shape index (κ1) is 12.7. The lowest BCUT2D eigenvalue weighted by molar-refractivity contribution is -0.138. The van der Waals surface area contributed by atoms with E-state index in [-0.39, 0.29) is 12.5 Å². The fourth-order valence-electron chi connectivity index (χ4n) is 1.40. The summed E-state index contributed by atoms with van der Waals surface area (Å²) in [5.41, 5.74) is 5.39. The number of carboxylic acid groups (broad SMARTS) is 1. The minimum Gasteiger partial charge on any atom is -0.481 e. The van der Waals surface area contributed by atoms with Crippen molar-refractivity contribution in [1.29, 1.82) is 0 Å². The molecule has 3 N–H and O–H groups in total. The molecule has 0 aliphatic rings. The molecule has 2 unspecified atom stereocenters. The van der Waals surface area contributed by atoms with E-state index in [2.05, 4.69) is 15.9 Å². The number of hydrogen-bond donors (Lipinski definition) is 2. The van der Waals surface area contributed by atoms with Gasteiger partial charge in [-0.15, -0.1) is 11.3 Å². The molecule has 3 nitrogen and oxygen atoms in total. The Hall–Kier alpha value is -0.390. The van der Waals surface area contributed by atoms with Gasteiger partial charge in [0.25, 0.3) is 0 Å². The lowest BCUT2D eigenvalue weighted by Gasteiger charge is -2.30. The minimum atomic E-state index is -0.820. The summed E-state index contributed by atoms with van der Waals surface area (Å²) >= 11 is 4.90. The van der Waals surface area contributed by atoms with Crippen molar-refractivity contribution >= 4 is 33.2 Å². The number of halogens is 1. The monoisotopic (exact) mass is 291 g/mol. The minimum absolute atomic E-state index is 0.0532. The Morgan fingerprint density at radius 3 is 2.73 bits per heavy atom. The molecule has 0 saturated carbocycles. The molecule has 1 aromatic rings. The zero-order chi connectivity index (χ0) is 11.6. The van der Waals surface area contributed by atoms with E-state index in [9.17, 15) is 4.79 Å². The zero-order valence-corrected chi connectivity index (χ0v) is 11.1. The summed E-state index contributed by atoms with van der Waals surface area (Å²) in [5.74, 6) is -0.820. The van der Waals surface area contributed by atoms with Crippen LogP contribution in [0.5, 0.6) is 0 Å². The van der Waals surface area contributed by atoms with Crippen LogP contribution in [0.25, 0.3) is 0 Å². The Labute approximate surface area is 101 Å². The third kappa shape index (κ3) is 2.80. The zero-order valence-electron chi connectivity index (χ0n) is 8.66. The Balaban J connectivity index is 3.06. The summed E-state index contributed by atoms with van der Waals surface area (Å²) in [6.45, 7) is 3.74. The number of carboxylic acids is 1. The van der Waals surface area contributed by atoms with Crippen molar-refractivity contribution in [3.05, 3.63) is 20.8 Å². The quantitative estimate of drug-likeness (QED) is 0.896. The van der Waals surface area contributed by atoms with E-state index in [1.54, 1.807) is 0 Å². The van der Waals surface area contributed by atoms with Crippen LogP contribution in [0.15, 0.2) is 15.9 Å². The Morgan fingerprint density at radius 1 is 1.80 bits per heavy atom. The van der Waals surface area contributed by atoms with Crippen LogP contribution in [0.1, 0.15) is 25.1 Å². The van der Waals surface area contributed by atoms with Gasteiger partial charge >= 0.3 is 5.97 Å². The maximum atomic E-state index is 10.8. The number of rotatable bonds is 4. The first-order chi connectivity index (χ1) is 6.86. The lowest BCUT2D eigenvalue weighted by Crippen LogP contribution is -2.42. The molecule has 1 rings (SSSR count). The molecule has 0 bridgehead atoms. The molecule has 0 amide bonds. The van der Waals surface area contributed by atoms with Crippen molar-refractivity contribution in [2.75, 3.05) is 0 Å². The summed E-state index contributed by atoms with van der Waals surface area (Å²) in [7, 11) is 0. The predicted octanol–water partition coefficient (Wildman–Crippen LogP) is 2.59. The Kier molecular flexibility index (Phi) is 3.92. The van der Waals surface area contributed by atoms with Crippen molar-refractivity contribution in [3.63, 3.8) is 0 Å². The third-order valence-corrected chi connectivity index (χ3v) is 4.62. The SMILES string of the molecule is CC(N)C(C)(CC(=O)O)c1cc(Br)cs1. The molecule has 5 heteroatoms. The highest BCUT2D eigenvalue weighted by molar-refractivity contribution is 9.10. The van der Waals surface area contributed by atoms with Crippen LogP contribution in [-0.2, 0) is 10.2 Å². The molecule has 84 valence electrons. The number of thiophene rings is 1. The van der Waals surface area contributed by atoms with Crippen molar-refractivity contribution in [3.8, 4) is 0 Å². The Bertz CT molecular complexity index is 364. The van der Waals surface area contributed by atoms with Gasteiger partial charge < -0.3 is 10.8 Å². The van der Waals surface area contributed by atoms with Crippen molar-refractivity contribution < 1.29 is 9.90 Å².